The lowest BCUT2D eigenvalue weighted by molar-refractivity contribution is -0.0517. The minimum Gasteiger partial charge on any atom is -0.488 e. The third-order valence-electron chi connectivity index (χ3n) is 3.67. The number of halogens is 3. The molecule has 3 heterocycles. The van der Waals surface area contributed by atoms with Gasteiger partial charge < -0.3 is 4.74 Å². The van der Waals surface area contributed by atoms with Crippen LogP contribution in [0.2, 0.25) is 0 Å². The summed E-state index contributed by atoms with van der Waals surface area (Å²) in [6, 6.07) is 3.48. The molecule has 22 heavy (non-hydrogen) atoms. The zero-order chi connectivity index (χ0) is 16.0. The van der Waals surface area contributed by atoms with Gasteiger partial charge in [-0.1, -0.05) is 0 Å². The van der Waals surface area contributed by atoms with Gasteiger partial charge in [-0.25, -0.2) is 8.42 Å². The molecule has 3 rings (SSSR count). The van der Waals surface area contributed by atoms with Crippen molar-refractivity contribution in [3.05, 3.63) is 24.5 Å². The van der Waals surface area contributed by atoms with Gasteiger partial charge in [-0.2, -0.15) is 17.5 Å². The van der Waals surface area contributed by atoms with Crippen molar-refractivity contribution in [1.29, 1.82) is 0 Å². The number of ether oxygens (including phenoxy) is 1. The van der Waals surface area contributed by atoms with Crippen LogP contribution in [-0.4, -0.2) is 52.9 Å². The van der Waals surface area contributed by atoms with E-state index >= 15 is 0 Å². The lowest BCUT2D eigenvalue weighted by Gasteiger charge is -2.46. The number of pyridine rings is 1. The zero-order valence-electron chi connectivity index (χ0n) is 11.3. The molecule has 2 fully saturated rings. The van der Waals surface area contributed by atoms with Crippen LogP contribution in [0.15, 0.2) is 24.5 Å². The molecule has 0 radical (unpaired) electrons. The third-order valence-corrected chi connectivity index (χ3v) is 6.77. The zero-order valence-corrected chi connectivity index (χ0v) is 12.9. The largest absolute Gasteiger partial charge is 0.511 e. The fourth-order valence-corrected chi connectivity index (χ4v) is 5.43. The van der Waals surface area contributed by atoms with Crippen LogP contribution in [0.25, 0.3) is 0 Å². The van der Waals surface area contributed by atoms with Gasteiger partial charge in [0.05, 0.1) is 6.20 Å². The minimum absolute atomic E-state index is 0.119. The van der Waals surface area contributed by atoms with Gasteiger partial charge in [0.2, 0.25) is 0 Å². The summed E-state index contributed by atoms with van der Waals surface area (Å²) in [4.78, 5) is 3.92. The van der Waals surface area contributed by atoms with Crippen molar-refractivity contribution in [1.82, 2.24) is 9.29 Å². The number of thioether (sulfide) groups is 1. The molecule has 1 aromatic heterocycles. The maximum absolute atomic E-state index is 12.5. The van der Waals surface area contributed by atoms with Crippen LogP contribution in [0.5, 0.6) is 5.75 Å². The summed E-state index contributed by atoms with van der Waals surface area (Å²) >= 11 is 1.47. The molecule has 0 bridgehead atoms. The number of sulfonamides is 1. The summed E-state index contributed by atoms with van der Waals surface area (Å²) < 4.78 is 65.8. The first-order valence-electron chi connectivity index (χ1n) is 6.49. The highest BCUT2D eigenvalue weighted by Crippen LogP contribution is 2.48. The molecule has 0 unspecified atom stereocenters. The molecule has 0 aromatic carbocycles. The van der Waals surface area contributed by atoms with Crippen LogP contribution in [0.1, 0.15) is 6.42 Å². The average molecular weight is 354 g/mol. The molecule has 2 saturated heterocycles. The monoisotopic (exact) mass is 354 g/mol. The van der Waals surface area contributed by atoms with Crippen molar-refractivity contribution >= 4 is 21.8 Å². The van der Waals surface area contributed by atoms with Gasteiger partial charge in [0.15, 0.2) is 0 Å². The molecule has 5 nitrogen and oxygen atoms in total. The molecule has 1 aromatic rings. The van der Waals surface area contributed by atoms with Gasteiger partial charge in [-0.3, -0.25) is 4.98 Å². The lowest BCUT2D eigenvalue weighted by Crippen LogP contribution is -2.62. The molecule has 2 aliphatic heterocycles. The van der Waals surface area contributed by atoms with E-state index in [-0.39, 0.29) is 19.2 Å². The van der Waals surface area contributed by atoms with Gasteiger partial charge >= 0.3 is 15.5 Å². The van der Waals surface area contributed by atoms with Crippen molar-refractivity contribution in [2.45, 2.75) is 22.8 Å². The van der Waals surface area contributed by atoms with E-state index in [0.29, 0.717) is 22.2 Å². The number of nitrogens with zero attached hydrogens (tertiary/aromatic N) is 2. The Morgan fingerprint density at radius 2 is 2.14 bits per heavy atom. The van der Waals surface area contributed by atoms with Gasteiger partial charge in [-0.05, 0) is 12.1 Å². The molecule has 0 saturated carbocycles. The van der Waals surface area contributed by atoms with E-state index in [4.69, 9.17) is 4.74 Å². The lowest BCUT2D eigenvalue weighted by atomic mass is 9.95. The van der Waals surface area contributed by atoms with Gasteiger partial charge in [0.25, 0.3) is 0 Å². The number of hydrogen-bond donors (Lipinski definition) is 0. The van der Waals surface area contributed by atoms with Crippen molar-refractivity contribution < 1.29 is 26.3 Å². The Balaban J connectivity index is 1.59. The first kappa shape index (κ1) is 15.9. The summed E-state index contributed by atoms with van der Waals surface area (Å²) in [7, 11) is -5.21. The first-order chi connectivity index (χ1) is 10.2. The van der Waals surface area contributed by atoms with Crippen molar-refractivity contribution in [2.75, 3.05) is 18.8 Å². The minimum atomic E-state index is -5.23. The Labute approximate surface area is 129 Å². The van der Waals surface area contributed by atoms with E-state index in [1.54, 1.807) is 24.5 Å². The first-order valence-corrected chi connectivity index (χ1v) is 8.92. The van der Waals surface area contributed by atoms with Gasteiger partial charge in [0.1, 0.15) is 11.9 Å². The quantitative estimate of drug-likeness (QED) is 0.829. The molecular weight excluding hydrogens is 341 g/mol. The Morgan fingerprint density at radius 1 is 1.41 bits per heavy atom. The molecule has 0 N–H and O–H groups in total. The highest BCUT2D eigenvalue weighted by molar-refractivity contribution is 8.01. The molecular formula is C12H13F3N2O3S2. The van der Waals surface area contributed by atoms with E-state index in [0.717, 1.165) is 0 Å². The maximum atomic E-state index is 12.5. The van der Waals surface area contributed by atoms with E-state index in [9.17, 15) is 21.6 Å². The smallest absolute Gasteiger partial charge is 0.488 e. The predicted molar refractivity (Wildman–Crippen MR) is 75.0 cm³/mol. The normalized spacial score (nSPS) is 25.1. The fourth-order valence-electron chi connectivity index (χ4n) is 2.62. The Morgan fingerprint density at radius 3 is 2.73 bits per heavy atom. The molecule has 1 atom stereocenters. The Kier molecular flexibility index (Phi) is 3.81. The summed E-state index contributed by atoms with van der Waals surface area (Å²) in [5, 5.41) is 0. The number of rotatable bonds is 3. The highest BCUT2D eigenvalue weighted by Gasteiger charge is 2.60. The van der Waals surface area contributed by atoms with E-state index in [1.165, 1.54) is 11.8 Å². The molecule has 122 valence electrons. The van der Waals surface area contributed by atoms with Crippen LogP contribution in [0.3, 0.4) is 0 Å². The predicted octanol–water partition coefficient (Wildman–Crippen LogP) is 1.87. The van der Waals surface area contributed by atoms with Crippen LogP contribution in [-0.2, 0) is 10.0 Å². The Bertz CT molecular complexity index is 645. The van der Waals surface area contributed by atoms with Crippen LogP contribution >= 0.6 is 11.8 Å². The van der Waals surface area contributed by atoms with Crippen molar-refractivity contribution in [3.63, 3.8) is 0 Å². The fraction of sp³-hybridized carbons (Fsp3) is 0.583. The highest BCUT2D eigenvalue weighted by atomic mass is 32.2. The second-order valence-corrected chi connectivity index (χ2v) is 8.76. The standard InChI is InChI=1S/C12H13F3N2O3S2/c13-12(14,15)22(18,19)17-7-11(8-17)4-10(6-21-11)20-9-2-1-3-16-5-9/h1-3,5,10H,4,6-8H2/t10-/m0/s1. The molecule has 0 aliphatic carbocycles. The maximum Gasteiger partial charge on any atom is 0.511 e. The number of hydrogen-bond acceptors (Lipinski definition) is 5. The van der Waals surface area contributed by atoms with E-state index in [1.807, 2.05) is 0 Å². The van der Waals surface area contributed by atoms with Crippen LogP contribution < -0.4 is 4.74 Å². The summed E-state index contributed by atoms with van der Waals surface area (Å²) in [6.45, 7) is -0.237. The van der Waals surface area contributed by atoms with Crippen molar-refractivity contribution in [3.8, 4) is 5.75 Å². The van der Waals surface area contributed by atoms with Crippen LogP contribution in [0.4, 0.5) is 13.2 Å². The molecule has 2 aliphatic rings. The molecule has 10 heteroatoms. The van der Waals surface area contributed by atoms with Crippen LogP contribution in [0, 0.1) is 0 Å². The van der Waals surface area contributed by atoms with Gasteiger partial charge in [0, 0.05) is 36.2 Å². The molecule has 1 spiro atoms. The topological polar surface area (TPSA) is 59.5 Å². The van der Waals surface area contributed by atoms with E-state index in [2.05, 4.69) is 4.98 Å². The Hall–Kier alpha value is -1.00. The summed E-state index contributed by atoms with van der Waals surface area (Å²) in [5.41, 5.74) is -5.23. The number of alkyl halides is 3. The molecule has 0 amide bonds. The van der Waals surface area contributed by atoms with Crippen molar-refractivity contribution in [2.24, 2.45) is 0 Å². The average Bonchev–Trinajstić information content (AvgIpc) is 2.81. The second-order valence-electron chi connectivity index (χ2n) is 5.35. The summed E-state index contributed by atoms with van der Waals surface area (Å²) in [5.74, 6) is 1.22. The SMILES string of the molecule is O=S(=O)(N1CC2(C[C@H](Oc3cccnc3)CS2)C1)C(F)(F)F. The van der Waals surface area contributed by atoms with E-state index < -0.39 is 20.3 Å². The second kappa shape index (κ2) is 5.27. The number of aromatic nitrogens is 1. The third kappa shape index (κ3) is 2.79. The summed E-state index contributed by atoms with van der Waals surface area (Å²) in [6.07, 6.45) is 3.56. The van der Waals surface area contributed by atoms with Gasteiger partial charge in [-0.15, -0.1) is 11.8 Å².